The molecule has 0 saturated carbocycles. The first-order valence-corrected chi connectivity index (χ1v) is 33.0. The van der Waals surface area contributed by atoms with Crippen LogP contribution in [0.5, 0.6) is 0 Å². The Kier molecular flexibility index (Phi) is 14.6. The van der Waals surface area contributed by atoms with Gasteiger partial charge in [0.2, 0.25) is 0 Å². The first-order valence-electron chi connectivity index (χ1n) is 33.0. The van der Waals surface area contributed by atoms with Gasteiger partial charge in [0.15, 0.2) is 0 Å². The van der Waals surface area contributed by atoms with E-state index in [4.69, 9.17) is 60.6 Å². The standard InChI is InChI=1S/C85H57N15/c1-53(61-25-14-44-80(95-61)98-74-38-5-2-21-57(74)83-77(98)41-17-47-87-83)20-8-24-60(86)65-29-9-26-62(90-65)54-50-55(63-27-10-30-66(91-63)68-32-12-34-70(93-68)72-36-15-45-81(96-72)99-75-39-6-3-22-58(75)84-78(99)42-18-48-88-84)52-56(51-54)64-28-11-31-67(92-64)69-33-13-35-71(94-69)73-37-16-46-82(97-73)100-76-40-7-4-23-59(76)85-79(100)43-19-49-89-85/h2-53H,86H2,1H3/b20-8-,60-24-. The van der Waals surface area contributed by atoms with E-state index >= 15 is 0 Å². The molecule has 2 N–H and O–H groups in total. The maximum atomic E-state index is 6.96. The van der Waals surface area contributed by atoms with Crippen LogP contribution in [0, 0.1) is 0 Å². The van der Waals surface area contributed by atoms with Gasteiger partial charge >= 0.3 is 0 Å². The smallest absolute Gasteiger partial charge is 0.138 e. The fraction of sp³-hybridized carbons (Fsp3) is 0.0235. The van der Waals surface area contributed by atoms with Crippen molar-refractivity contribution in [1.29, 1.82) is 0 Å². The zero-order chi connectivity index (χ0) is 66.6. The third-order valence-corrected chi connectivity index (χ3v) is 18.2. The Morgan fingerprint density at radius 2 is 0.630 bits per heavy atom. The number of hydrogen-bond acceptors (Lipinski definition) is 12. The summed E-state index contributed by atoms with van der Waals surface area (Å²) in [5.74, 6) is 2.33. The maximum absolute atomic E-state index is 6.96. The average molecular weight is 1290 g/mol. The van der Waals surface area contributed by atoms with E-state index in [1.54, 1.807) is 0 Å². The second-order valence-corrected chi connectivity index (χ2v) is 24.5. The van der Waals surface area contributed by atoms with Crippen molar-refractivity contribution in [2.75, 3.05) is 0 Å². The van der Waals surface area contributed by atoms with Gasteiger partial charge in [-0.3, -0.25) is 28.7 Å². The van der Waals surface area contributed by atoms with Gasteiger partial charge in [0.25, 0.3) is 0 Å². The number of hydrogen-bond donors (Lipinski definition) is 1. The molecule has 15 nitrogen and oxygen atoms in total. The van der Waals surface area contributed by atoms with Crippen LogP contribution in [0.25, 0.3) is 168 Å². The molecule has 1 unspecified atom stereocenters. The average Bonchev–Trinajstić information content (AvgIpc) is 1.60. The number of benzene rings is 4. The molecule has 0 aliphatic rings. The molecule has 472 valence electrons. The number of fused-ring (bicyclic) bond motifs is 9. The molecule has 14 heterocycles. The lowest BCUT2D eigenvalue weighted by atomic mass is 9.98. The minimum absolute atomic E-state index is 0.0369. The van der Waals surface area contributed by atoms with Gasteiger partial charge in [-0.15, -0.1) is 0 Å². The topological polar surface area (TPSA) is 183 Å². The lowest BCUT2D eigenvalue weighted by molar-refractivity contribution is 0.889. The Morgan fingerprint density at radius 3 is 1.05 bits per heavy atom. The van der Waals surface area contributed by atoms with Crippen molar-refractivity contribution in [3.63, 3.8) is 0 Å². The summed E-state index contributed by atoms with van der Waals surface area (Å²) in [7, 11) is 0. The molecule has 0 bridgehead atoms. The summed E-state index contributed by atoms with van der Waals surface area (Å²) >= 11 is 0. The van der Waals surface area contributed by atoms with Gasteiger partial charge < -0.3 is 5.73 Å². The Bertz CT molecular complexity index is 5900. The molecule has 0 aliphatic heterocycles. The van der Waals surface area contributed by atoms with E-state index < -0.39 is 0 Å². The highest BCUT2D eigenvalue weighted by Crippen LogP contribution is 2.37. The van der Waals surface area contributed by atoms with Gasteiger partial charge in [0.05, 0.1) is 124 Å². The maximum Gasteiger partial charge on any atom is 0.138 e. The molecule has 0 saturated heterocycles. The van der Waals surface area contributed by atoms with Crippen molar-refractivity contribution in [3.8, 4) is 96.8 Å². The molecule has 15 heteroatoms. The number of para-hydroxylation sites is 3. The predicted molar refractivity (Wildman–Crippen MR) is 399 cm³/mol. The van der Waals surface area contributed by atoms with Crippen LogP contribution in [0.1, 0.15) is 24.2 Å². The summed E-state index contributed by atoms with van der Waals surface area (Å²) in [4.78, 5) is 56.3. The summed E-state index contributed by atoms with van der Waals surface area (Å²) in [5, 5.41) is 3.21. The molecular formula is C85H57N15. The summed E-state index contributed by atoms with van der Waals surface area (Å²) in [6.07, 6.45) is 11.5. The third kappa shape index (κ3) is 10.6. The van der Waals surface area contributed by atoms with Crippen molar-refractivity contribution < 1.29 is 0 Å². The Hall–Kier alpha value is -13.8. The zero-order valence-corrected chi connectivity index (χ0v) is 53.9. The number of aromatic nitrogens is 14. The van der Waals surface area contributed by atoms with E-state index in [2.05, 4.69) is 112 Å². The Morgan fingerprint density at radius 1 is 0.310 bits per heavy atom. The van der Waals surface area contributed by atoms with E-state index in [-0.39, 0.29) is 5.92 Å². The minimum Gasteiger partial charge on any atom is -0.397 e. The van der Waals surface area contributed by atoms with Crippen molar-refractivity contribution >= 4 is 71.5 Å². The number of nitrogens with zero attached hydrogens (tertiary/aromatic N) is 14. The third-order valence-electron chi connectivity index (χ3n) is 18.2. The van der Waals surface area contributed by atoms with Crippen LogP contribution in [0.2, 0.25) is 0 Å². The number of nitrogens with two attached hydrogens (primary N) is 1. The van der Waals surface area contributed by atoms with Crippen LogP contribution in [-0.4, -0.2) is 68.5 Å². The van der Waals surface area contributed by atoms with Crippen LogP contribution < -0.4 is 5.73 Å². The van der Waals surface area contributed by atoms with Crippen LogP contribution >= 0.6 is 0 Å². The van der Waals surface area contributed by atoms with E-state index in [0.29, 0.717) is 51.2 Å². The van der Waals surface area contributed by atoms with E-state index in [0.717, 1.165) is 128 Å². The molecule has 4 aromatic carbocycles. The number of rotatable bonds is 14. The minimum atomic E-state index is -0.0369. The van der Waals surface area contributed by atoms with Crippen LogP contribution in [-0.2, 0) is 0 Å². The normalized spacial score (nSPS) is 12.3. The first kappa shape index (κ1) is 58.8. The summed E-state index contributed by atoms with van der Waals surface area (Å²) in [5.41, 5.74) is 28.2. The molecule has 18 rings (SSSR count). The van der Waals surface area contributed by atoms with Gasteiger partial charge in [-0.2, -0.15) is 0 Å². The van der Waals surface area contributed by atoms with Gasteiger partial charge in [-0.25, -0.2) is 39.9 Å². The Balaban J connectivity index is 0.685. The molecule has 18 aromatic rings. The van der Waals surface area contributed by atoms with Gasteiger partial charge in [0, 0.05) is 63.1 Å². The first-order chi connectivity index (χ1) is 49.4. The SMILES string of the molecule is CC(/C=C\C=C(/N)c1cccc(-c2cc(-c3cccc(-c4cccc(-c5cccc(-n6c7ccccc7c7ncccc76)n5)n4)n3)cc(-c3cccc(-c4cccc(-c5cccc(-n6c7ccccc7c7ncccc76)n5)n4)n3)c2)n1)c1cccc(-n2c3ccccc3c3ncccc32)n1. The molecule has 0 spiro atoms. The van der Waals surface area contributed by atoms with Crippen molar-refractivity contribution in [1.82, 2.24) is 68.5 Å². The van der Waals surface area contributed by atoms with E-state index in [1.165, 1.54) is 0 Å². The second kappa shape index (κ2) is 24.8. The van der Waals surface area contributed by atoms with Crippen molar-refractivity contribution in [3.05, 3.63) is 321 Å². The Labute approximate surface area is 573 Å². The van der Waals surface area contributed by atoms with Crippen LogP contribution in [0.3, 0.4) is 0 Å². The fourth-order valence-corrected chi connectivity index (χ4v) is 13.5. The summed E-state index contributed by atoms with van der Waals surface area (Å²) in [6.45, 7) is 2.13. The molecule has 14 aromatic heterocycles. The highest BCUT2D eigenvalue weighted by Gasteiger charge is 2.21. The molecule has 1 atom stereocenters. The molecule has 0 amide bonds. The lowest BCUT2D eigenvalue weighted by Gasteiger charge is -2.13. The molecule has 0 aliphatic carbocycles. The van der Waals surface area contributed by atoms with Gasteiger partial charge in [-0.05, 0) is 176 Å². The van der Waals surface area contributed by atoms with Gasteiger partial charge in [0.1, 0.15) is 17.5 Å². The van der Waals surface area contributed by atoms with Crippen molar-refractivity contribution in [2.24, 2.45) is 5.73 Å². The van der Waals surface area contributed by atoms with Crippen LogP contribution in [0.15, 0.2) is 310 Å². The lowest BCUT2D eigenvalue weighted by Crippen LogP contribution is -2.02. The monoisotopic (exact) mass is 1290 g/mol. The van der Waals surface area contributed by atoms with E-state index in [9.17, 15) is 0 Å². The summed E-state index contributed by atoms with van der Waals surface area (Å²) in [6, 6.07) is 91.5. The van der Waals surface area contributed by atoms with Crippen LogP contribution in [0.4, 0.5) is 0 Å². The molecular weight excluding hydrogens is 1230 g/mol. The van der Waals surface area contributed by atoms with Crippen molar-refractivity contribution in [2.45, 2.75) is 12.8 Å². The second-order valence-electron chi connectivity index (χ2n) is 24.5. The zero-order valence-electron chi connectivity index (χ0n) is 53.9. The fourth-order valence-electron chi connectivity index (χ4n) is 13.5. The highest BCUT2D eigenvalue weighted by atomic mass is 15.1. The quantitative estimate of drug-likeness (QED) is 0.102. The highest BCUT2D eigenvalue weighted by molar-refractivity contribution is 6.09. The summed E-state index contributed by atoms with van der Waals surface area (Å²) < 4.78 is 6.50. The molecule has 100 heavy (non-hydrogen) atoms. The van der Waals surface area contributed by atoms with Gasteiger partial charge in [-0.1, -0.05) is 122 Å². The predicted octanol–water partition coefficient (Wildman–Crippen LogP) is 18.7. The number of pyridine rings is 11. The molecule has 0 fully saturated rings. The van der Waals surface area contributed by atoms with E-state index in [1.807, 2.05) is 219 Å². The molecule has 0 radical (unpaired) electrons. The largest absolute Gasteiger partial charge is 0.397 e. The number of allylic oxidation sites excluding steroid dienone is 3.